The fourth-order valence-electron chi connectivity index (χ4n) is 4.30. The van der Waals surface area contributed by atoms with Gasteiger partial charge in [0.25, 0.3) is 5.69 Å². The molecular weight excluding hydrogens is 388 g/mol. The van der Waals surface area contributed by atoms with Crippen molar-refractivity contribution >= 4 is 28.0 Å². The van der Waals surface area contributed by atoms with Crippen molar-refractivity contribution in [2.75, 3.05) is 18.5 Å². The lowest BCUT2D eigenvalue weighted by Gasteiger charge is -2.22. The summed E-state index contributed by atoms with van der Waals surface area (Å²) in [6.07, 6.45) is 0.755. The summed E-state index contributed by atoms with van der Waals surface area (Å²) in [5.41, 5.74) is 5.82. The smallest absolute Gasteiger partial charge is 0.270 e. The Morgan fingerprint density at radius 1 is 1.06 bits per heavy atom. The fraction of sp³-hybridized carbons (Fsp3) is 0.160. The number of nitro benzene ring substituents is 1. The zero-order valence-corrected chi connectivity index (χ0v) is 17.2. The maximum Gasteiger partial charge on any atom is 0.270 e. The summed E-state index contributed by atoms with van der Waals surface area (Å²) < 4.78 is 0. The average molecular weight is 410 g/mol. The van der Waals surface area contributed by atoms with Gasteiger partial charge in [-0.3, -0.25) is 15.1 Å². The van der Waals surface area contributed by atoms with E-state index in [9.17, 15) is 10.1 Å². The van der Waals surface area contributed by atoms with Crippen LogP contribution in [0.2, 0.25) is 0 Å². The lowest BCUT2D eigenvalue weighted by Crippen LogP contribution is -2.28. The predicted molar refractivity (Wildman–Crippen MR) is 124 cm³/mol. The quantitative estimate of drug-likeness (QED) is 0.381. The first-order chi connectivity index (χ1) is 15.1. The molecule has 1 atom stereocenters. The molecule has 6 nitrogen and oxygen atoms in total. The van der Waals surface area contributed by atoms with Crippen molar-refractivity contribution in [2.45, 2.75) is 12.5 Å². The van der Waals surface area contributed by atoms with Crippen LogP contribution in [-0.2, 0) is 6.42 Å². The summed E-state index contributed by atoms with van der Waals surface area (Å²) in [4.78, 5) is 21.9. The number of non-ortho nitro benzene ring substituents is 1. The normalized spacial score (nSPS) is 16.0. The second kappa shape index (κ2) is 7.72. The Kier molecular flexibility index (Phi) is 4.75. The van der Waals surface area contributed by atoms with Crippen LogP contribution < -0.4 is 4.90 Å². The highest BCUT2D eigenvalue weighted by molar-refractivity contribution is 6.16. The van der Waals surface area contributed by atoms with Crippen molar-refractivity contribution in [1.82, 2.24) is 4.98 Å². The van der Waals surface area contributed by atoms with Crippen LogP contribution in [0.5, 0.6) is 0 Å². The number of hydrogen-bond acceptors (Lipinski definition) is 4. The Balaban J connectivity index is 1.60. The molecule has 1 aliphatic heterocycles. The molecule has 3 aromatic carbocycles. The molecule has 1 unspecified atom stereocenters. The minimum Gasteiger partial charge on any atom is -0.372 e. The molecule has 1 aromatic heterocycles. The van der Waals surface area contributed by atoms with Gasteiger partial charge in [-0.2, -0.15) is 0 Å². The Labute approximate surface area is 180 Å². The second-order valence-corrected chi connectivity index (χ2v) is 7.92. The number of aromatic amines is 1. The van der Waals surface area contributed by atoms with Crippen LogP contribution in [0.1, 0.15) is 16.8 Å². The number of H-pyrrole nitrogens is 1. The minimum absolute atomic E-state index is 0.000255. The lowest BCUT2D eigenvalue weighted by atomic mass is 9.99. The highest BCUT2D eigenvalue weighted by atomic mass is 16.6. The Hall–Kier alpha value is -3.93. The summed E-state index contributed by atoms with van der Waals surface area (Å²) in [5, 5.41) is 12.6. The number of anilines is 1. The highest BCUT2D eigenvalue weighted by Gasteiger charge is 2.25. The van der Waals surface area contributed by atoms with E-state index in [-0.39, 0.29) is 16.7 Å². The van der Waals surface area contributed by atoms with E-state index in [1.807, 2.05) is 55.6 Å². The predicted octanol–water partition coefficient (Wildman–Crippen LogP) is 4.97. The summed E-state index contributed by atoms with van der Waals surface area (Å²) in [6, 6.07) is 25.4. The van der Waals surface area contributed by atoms with Gasteiger partial charge in [0.1, 0.15) is 0 Å². The van der Waals surface area contributed by atoms with Gasteiger partial charge in [0, 0.05) is 60.2 Å². The summed E-state index contributed by atoms with van der Waals surface area (Å²) >= 11 is 0. The fourth-order valence-corrected chi connectivity index (χ4v) is 4.30. The SMILES string of the molecule is CN1CC(Cc2cc3ccccc3[nH]2)N=C(c2ccccc2)c2cc([N+](=O)[O-])ccc21. The zero-order valence-electron chi connectivity index (χ0n) is 17.2. The highest BCUT2D eigenvalue weighted by Crippen LogP contribution is 2.31. The van der Waals surface area contributed by atoms with Crippen molar-refractivity contribution in [3.63, 3.8) is 0 Å². The molecule has 6 heteroatoms. The monoisotopic (exact) mass is 410 g/mol. The van der Waals surface area contributed by atoms with E-state index in [4.69, 9.17) is 4.99 Å². The molecule has 2 heterocycles. The number of hydrogen-bond donors (Lipinski definition) is 1. The Bertz CT molecular complexity index is 1260. The Morgan fingerprint density at radius 2 is 1.84 bits per heavy atom. The second-order valence-electron chi connectivity index (χ2n) is 7.92. The number of aliphatic imine (C=N–C) groups is 1. The van der Waals surface area contributed by atoms with Gasteiger partial charge >= 0.3 is 0 Å². The van der Waals surface area contributed by atoms with Crippen LogP contribution >= 0.6 is 0 Å². The molecule has 0 amide bonds. The molecule has 0 fully saturated rings. The first-order valence-corrected chi connectivity index (χ1v) is 10.3. The van der Waals surface area contributed by atoms with Gasteiger partial charge in [-0.05, 0) is 23.6 Å². The molecule has 0 saturated carbocycles. The number of aromatic nitrogens is 1. The molecule has 31 heavy (non-hydrogen) atoms. The molecule has 0 bridgehead atoms. The molecule has 1 N–H and O–H groups in total. The number of para-hydroxylation sites is 1. The van der Waals surface area contributed by atoms with E-state index in [2.05, 4.69) is 28.1 Å². The maximum atomic E-state index is 11.4. The maximum absolute atomic E-state index is 11.4. The van der Waals surface area contributed by atoms with Gasteiger partial charge in [0.15, 0.2) is 0 Å². The zero-order chi connectivity index (χ0) is 21.4. The molecule has 0 radical (unpaired) electrons. The third kappa shape index (κ3) is 3.68. The summed E-state index contributed by atoms with van der Waals surface area (Å²) in [6.45, 7) is 0.719. The number of nitrogens with one attached hydrogen (secondary N) is 1. The van der Waals surface area contributed by atoms with Crippen molar-refractivity contribution in [1.29, 1.82) is 0 Å². The van der Waals surface area contributed by atoms with Crippen LogP contribution in [0.4, 0.5) is 11.4 Å². The summed E-state index contributed by atoms with van der Waals surface area (Å²) in [5.74, 6) is 0. The molecule has 0 spiro atoms. The molecular formula is C25H22N4O2. The van der Waals surface area contributed by atoms with Gasteiger partial charge in [-0.15, -0.1) is 0 Å². The van der Waals surface area contributed by atoms with Gasteiger partial charge in [0.05, 0.1) is 16.7 Å². The topological polar surface area (TPSA) is 74.5 Å². The number of nitrogens with zero attached hydrogens (tertiary/aromatic N) is 3. The first-order valence-electron chi connectivity index (χ1n) is 10.3. The number of fused-ring (bicyclic) bond motifs is 2. The van der Waals surface area contributed by atoms with Crippen LogP contribution in [0.3, 0.4) is 0 Å². The summed E-state index contributed by atoms with van der Waals surface area (Å²) in [7, 11) is 2.02. The van der Waals surface area contributed by atoms with E-state index in [1.54, 1.807) is 12.1 Å². The number of benzodiazepines with no additional fused rings is 1. The first kappa shape index (κ1) is 19.1. The van der Waals surface area contributed by atoms with E-state index in [0.29, 0.717) is 0 Å². The van der Waals surface area contributed by atoms with Crippen LogP contribution in [-0.4, -0.2) is 35.3 Å². The van der Waals surface area contributed by atoms with E-state index >= 15 is 0 Å². The average Bonchev–Trinajstić information content (AvgIpc) is 3.13. The Morgan fingerprint density at radius 3 is 2.61 bits per heavy atom. The van der Waals surface area contributed by atoms with E-state index in [0.717, 1.165) is 46.7 Å². The molecule has 0 aliphatic carbocycles. The van der Waals surface area contributed by atoms with Gasteiger partial charge < -0.3 is 9.88 Å². The third-order valence-electron chi connectivity index (χ3n) is 5.74. The van der Waals surface area contributed by atoms with E-state index in [1.165, 1.54) is 5.39 Å². The van der Waals surface area contributed by atoms with Crippen LogP contribution in [0.25, 0.3) is 10.9 Å². The van der Waals surface area contributed by atoms with Crippen molar-refractivity contribution in [2.24, 2.45) is 4.99 Å². The largest absolute Gasteiger partial charge is 0.372 e. The molecule has 154 valence electrons. The van der Waals surface area contributed by atoms with Crippen LogP contribution in [0.15, 0.2) is 83.9 Å². The lowest BCUT2D eigenvalue weighted by molar-refractivity contribution is -0.384. The number of benzene rings is 3. The van der Waals surface area contributed by atoms with Crippen molar-refractivity contribution in [3.05, 3.63) is 106 Å². The molecule has 1 aliphatic rings. The number of likely N-dealkylation sites (N-methyl/N-ethyl adjacent to an activating group) is 1. The molecule has 5 rings (SSSR count). The third-order valence-corrected chi connectivity index (χ3v) is 5.74. The van der Waals surface area contributed by atoms with Gasteiger partial charge in [-0.25, -0.2) is 0 Å². The molecule has 0 saturated heterocycles. The van der Waals surface area contributed by atoms with Crippen molar-refractivity contribution in [3.8, 4) is 0 Å². The number of rotatable bonds is 4. The molecule has 4 aromatic rings. The minimum atomic E-state index is -0.351. The van der Waals surface area contributed by atoms with Gasteiger partial charge in [-0.1, -0.05) is 48.5 Å². The van der Waals surface area contributed by atoms with Crippen LogP contribution in [0, 0.1) is 10.1 Å². The van der Waals surface area contributed by atoms with Gasteiger partial charge in [0.2, 0.25) is 0 Å². The van der Waals surface area contributed by atoms with E-state index < -0.39 is 0 Å². The van der Waals surface area contributed by atoms with Crippen molar-refractivity contribution < 1.29 is 4.92 Å². The standard InChI is InChI=1S/C25H22N4O2/c1-28-16-20(14-19-13-18-9-5-6-10-23(18)26-19)27-25(17-7-3-2-4-8-17)22-15-21(29(30)31)11-12-24(22)28/h2-13,15,20,26H,14,16H2,1H3. The number of nitro groups is 1.